The van der Waals surface area contributed by atoms with Gasteiger partial charge in [-0.2, -0.15) is 0 Å². The van der Waals surface area contributed by atoms with Gasteiger partial charge >= 0.3 is 0 Å². The predicted octanol–water partition coefficient (Wildman–Crippen LogP) is 5.34. The smallest absolute Gasteiger partial charge is 0.162 e. The average molecular weight is 335 g/mol. The summed E-state index contributed by atoms with van der Waals surface area (Å²) < 4.78 is 17.6. The molecule has 1 saturated carbocycles. The number of hydrogen-bond donors (Lipinski definition) is 0. The largest absolute Gasteiger partial charge is 0.493 e. The summed E-state index contributed by atoms with van der Waals surface area (Å²) in [5.41, 5.74) is 1.79. The Morgan fingerprint density at radius 2 is 1.80 bits per heavy atom. The Kier molecular flexibility index (Phi) is 4.42. The van der Waals surface area contributed by atoms with Crippen LogP contribution in [0.2, 0.25) is 0 Å². The van der Waals surface area contributed by atoms with E-state index in [0.717, 1.165) is 47.1 Å². The van der Waals surface area contributed by atoms with Crippen molar-refractivity contribution in [1.29, 1.82) is 0 Å². The number of rotatable bonds is 5. The van der Waals surface area contributed by atoms with Crippen LogP contribution in [-0.4, -0.2) is 18.2 Å². The van der Waals surface area contributed by atoms with Crippen LogP contribution < -0.4 is 9.47 Å². The Hall–Kier alpha value is -2.75. The van der Waals surface area contributed by atoms with E-state index in [-0.39, 0.29) is 6.10 Å². The van der Waals surface area contributed by atoms with E-state index in [9.17, 15) is 0 Å². The average Bonchev–Trinajstić information content (AvgIpc) is 3.34. The lowest BCUT2D eigenvalue weighted by Crippen LogP contribution is -2.11. The molecule has 25 heavy (non-hydrogen) atoms. The Labute approximate surface area is 147 Å². The third-order valence-electron chi connectivity index (χ3n) is 4.57. The summed E-state index contributed by atoms with van der Waals surface area (Å²) in [4.78, 5) is 4.33. The van der Waals surface area contributed by atoms with Crippen molar-refractivity contribution in [2.75, 3.05) is 7.11 Å². The van der Waals surface area contributed by atoms with Gasteiger partial charge in [-0.1, -0.05) is 6.07 Å². The van der Waals surface area contributed by atoms with Crippen LogP contribution in [0.4, 0.5) is 0 Å². The third-order valence-corrected chi connectivity index (χ3v) is 4.57. The monoisotopic (exact) mass is 335 g/mol. The Morgan fingerprint density at radius 3 is 2.56 bits per heavy atom. The summed E-state index contributed by atoms with van der Waals surface area (Å²) in [6.45, 7) is 0. The third kappa shape index (κ3) is 3.38. The summed E-state index contributed by atoms with van der Waals surface area (Å²) >= 11 is 0. The van der Waals surface area contributed by atoms with Gasteiger partial charge in [0.15, 0.2) is 17.3 Å². The molecule has 128 valence electrons. The molecule has 0 aliphatic heterocycles. The summed E-state index contributed by atoms with van der Waals surface area (Å²) in [5, 5.41) is 0. The molecule has 0 bridgehead atoms. The molecule has 4 nitrogen and oxygen atoms in total. The van der Waals surface area contributed by atoms with Crippen LogP contribution in [0, 0.1) is 0 Å². The van der Waals surface area contributed by atoms with Crippen LogP contribution in [0.1, 0.15) is 25.7 Å². The number of benzene rings is 1. The number of furan rings is 1. The minimum Gasteiger partial charge on any atom is -0.493 e. The molecule has 4 heteroatoms. The number of pyridine rings is 1. The van der Waals surface area contributed by atoms with E-state index in [1.165, 1.54) is 12.8 Å². The minimum atomic E-state index is 0.282. The zero-order chi connectivity index (χ0) is 17.1. The molecule has 0 unspecified atom stereocenters. The van der Waals surface area contributed by atoms with Crippen LogP contribution >= 0.6 is 0 Å². The van der Waals surface area contributed by atoms with Gasteiger partial charge in [0.25, 0.3) is 0 Å². The highest BCUT2D eigenvalue weighted by molar-refractivity contribution is 5.66. The van der Waals surface area contributed by atoms with E-state index >= 15 is 0 Å². The number of methoxy groups -OCH3 is 1. The second-order valence-electron chi connectivity index (χ2n) is 6.27. The summed E-state index contributed by atoms with van der Waals surface area (Å²) in [6.07, 6.45) is 6.73. The van der Waals surface area contributed by atoms with E-state index in [4.69, 9.17) is 13.9 Å². The molecule has 0 amide bonds. The fourth-order valence-electron chi connectivity index (χ4n) is 3.25. The maximum Gasteiger partial charge on any atom is 0.162 e. The molecular weight excluding hydrogens is 314 g/mol. The van der Waals surface area contributed by atoms with Gasteiger partial charge in [0, 0.05) is 11.8 Å². The van der Waals surface area contributed by atoms with Crippen LogP contribution in [0.5, 0.6) is 11.5 Å². The van der Waals surface area contributed by atoms with Gasteiger partial charge in [-0.05, 0) is 68.1 Å². The molecule has 3 aromatic rings. The highest BCUT2D eigenvalue weighted by Gasteiger charge is 2.19. The molecule has 2 heterocycles. The quantitative estimate of drug-likeness (QED) is 0.631. The molecule has 2 aromatic heterocycles. The van der Waals surface area contributed by atoms with Crippen molar-refractivity contribution in [3.63, 3.8) is 0 Å². The first-order valence-electron chi connectivity index (χ1n) is 8.70. The molecule has 1 aliphatic carbocycles. The number of ether oxygens (including phenoxy) is 2. The Bertz CT molecular complexity index is 835. The number of nitrogens with zero attached hydrogens (tertiary/aromatic N) is 1. The van der Waals surface area contributed by atoms with Crippen molar-refractivity contribution < 1.29 is 13.9 Å². The van der Waals surface area contributed by atoms with E-state index in [1.807, 2.05) is 48.5 Å². The predicted molar refractivity (Wildman–Crippen MR) is 96.8 cm³/mol. The molecule has 0 N–H and O–H groups in total. The van der Waals surface area contributed by atoms with Gasteiger partial charge in [-0.25, -0.2) is 0 Å². The normalized spacial score (nSPS) is 14.6. The molecular formula is C21H21NO3. The zero-order valence-electron chi connectivity index (χ0n) is 14.3. The summed E-state index contributed by atoms with van der Waals surface area (Å²) in [5.74, 6) is 3.08. The van der Waals surface area contributed by atoms with Crippen molar-refractivity contribution >= 4 is 0 Å². The number of aromatic nitrogens is 1. The van der Waals surface area contributed by atoms with Crippen molar-refractivity contribution in [3.05, 3.63) is 54.7 Å². The molecule has 1 aliphatic rings. The number of hydrogen-bond acceptors (Lipinski definition) is 4. The molecule has 0 spiro atoms. The standard InChI is InChI=1S/C21H21NO3/c1-23-20-10-9-15(14-21(20)24-16-6-2-3-7-16)18-11-12-19(25-18)17-8-4-5-13-22-17/h4-5,8-14,16H,2-3,6-7H2,1H3. The second kappa shape index (κ2) is 7.01. The van der Waals surface area contributed by atoms with E-state index in [2.05, 4.69) is 4.98 Å². The molecule has 4 rings (SSSR count). The van der Waals surface area contributed by atoms with Crippen LogP contribution in [0.15, 0.2) is 59.1 Å². The van der Waals surface area contributed by atoms with Crippen molar-refractivity contribution in [3.8, 4) is 34.3 Å². The van der Waals surface area contributed by atoms with E-state index in [0.29, 0.717) is 0 Å². The first-order chi connectivity index (χ1) is 12.3. The fourth-order valence-corrected chi connectivity index (χ4v) is 3.25. The lowest BCUT2D eigenvalue weighted by molar-refractivity contribution is 0.201. The van der Waals surface area contributed by atoms with Gasteiger partial charge in [0.1, 0.15) is 11.5 Å². The Balaban J connectivity index is 1.63. The van der Waals surface area contributed by atoms with Crippen LogP contribution in [0.25, 0.3) is 22.8 Å². The van der Waals surface area contributed by atoms with Crippen LogP contribution in [0.3, 0.4) is 0 Å². The second-order valence-corrected chi connectivity index (χ2v) is 6.27. The SMILES string of the molecule is COc1ccc(-c2ccc(-c3ccccn3)o2)cc1OC1CCCC1. The van der Waals surface area contributed by atoms with Crippen molar-refractivity contribution in [1.82, 2.24) is 4.98 Å². The zero-order valence-corrected chi connectivity index (χ0v) is 14.3. The maximum absolute atomic E-state index is 6.17. The molecule has 0 saturated heterocycles. The molecule has 1 aromatic carbocycles. The van der Waals surface area contributed by atoms with Gasteiger partial charge in [-0.15, -0.1) is 0 Å². The summed E-state index contributed by atoms with van der Waals surface area (Å²) in [7, 11) is 1.67. The highest BCUT2D eigenvalue weighted by atomic mass is 16.5. The van der Waals surface area contributed by atoms with Gasteiger partial charge in [0.2, 0.25) is 0 Å². The highest BCUT2D eigenvalue weighted by Crippen LogP contribution is 2.36. The van der Waals surface area contributed by atoms with Gasteiger partial charge in [-0.3, -0.25) is 4.98 Å². The summed E-state index contributed by atoms with van der Waals surface area (Å²) in [6, 6.07) is 15.6. The maximum atomic E-state index is 6.17. The lowest BCUT2D eigenvalue weighted by atomic mass is 10.1. The van der Waals surface area contributed by atoms with Crippen LogP contribution in [-0.2, 0) is 0 Å². The van der Waals surface area contributed by atoms with Gasteiger partial charge < -0.3 is 13.9 Å². The Morgan fingerprint density at radius 1 is 0.960 bits per heavy atom. The van der Waals surface area contributed by atoms with Crippen molar-refractivity contribution in [2.45, 2.75) is 31.8 Å². The first kappa shape index (κ1) is 15.8. The molecule has 0 radical (unpaired) electrons. The molecule has 0 atom stereocenters. The lowest BCUT2D eigenvalue weighted by Gasteiger charge is -2.16. The van der Waals surface area contributed by atoms with E-state index < -0.39 is 0 Å². The minimum absolute atomic E-state index is 0.282. The topological polar surface area (TPSA) is 44.5 Å². The fraction of sp³-hybridized carbons (Fsp3) is 0.286. The van der Waals surface area contributed by atoms with Gasteiger partial charge in [0.05, 0.1) is 13.2 Å². The van der Waals surface area contributed by atoms with Crippen molar-refractivity contribution in [2.24, 2.45) is 0 Å². The first-order valence-corrected chi connectivity index (χ1v) is 8.70. The molecule has 1 fully saturated rings. The van der Waals surface area contributed by atoms with E-state index in [1.54, 1.807) is 13.3 Å².